The summed E-state index contributed by atoms with van der Waals surface area (Å²) in [5, 5.41) is 2.90. The van der Waals surface area contributed by atoms with E-state index in [9.17, 15) is 13.2 Å². The number of ether oxygens (including phenoxy) is 1. The molecule has 164 valence electrons. The highest BCUT2D eigenvalue weighted by atomic mass is 32.2. The van der Waals surface area contributed by atoms with Gasteiger partial charge in [-0.05, 0) is 63.4 Å². The van der Waals surface area contributed by atoms with Crippen molar-refractivity contribution in [2.75, 3.05) is 17.2 Å². The van der Waals surface area contributed by atoms with Crippen LogP contribution in [0.4, 0.5) is 5.69 Å². The van der Waals surface area contributed by atoms with Gasteiger partial charge in [-0.25, -0.2) is 8.42 Å². The molecule has 6 nitrogen and oxygen atoms in total. The van der Waals surface area contributed by atoms with E-state index in [0.717, 1.165) is 28.7 Å². The molecule has 2 aromatic carbocycles. The second-order valence-corrected chi connectivity index (χ2v) is 9.67. The Balaban J connectivity index is 2.17. The maximum atomic E-state index is 13.0. The zero-order valence-electron chi connectivity index (χ0n) is 18.6. The van der Waals surface area contributed by atoms with E-state index in [1.54, 1.807) is 13.0 Å². The molecule has 1 N–H and O–H groups in total. The van der Waals surface area contributed by atoms with Crippen LogP contribution >= 0.6 is 0 Å². The maximum absolute atomic E-state index is 13.0. The Morgan fingerprint density at radius 3 is 2.23 bits per heavy atom. The van der Waals surface area contributed by atoms with Crippen molar-refractivity contribution in [2.45, 2.75) is 53.1 Å². The maximum Gasteiger partial charge on any atom is 0.244 e. The number of sulfonamides is 1. The second-order valence-electron chi connectivity index (χ2n) is 7.81. The number of rotatable bonds is 9. The third-order valence-corrected chi connectivity index (χ3v) is 6.01. The molecule has 2 rings (SSSR count). The molecule has 2 atom stereocenters. The van der Waals surface area contributed by atoms with Crippen molar-refractivity contribution in [1.29, 1.82) is 0 Å². The molecule has 0 saturated carbocycles. The molecule has 0 saturated heterocycles. The van der Waals surface area contributed by atoms with Gasteiger partial charge in [0.2, 0.25) is 15.9 Å². The molecule has 0 fully saturated rings. The van der Waals surface area contributed by atoms with Crippen LogP contribution in [0.1, 0.15) is 37.0 Å². The predicted octanol–water partition coefficient (Wildman–Crippen LogP) is 3.74. The molecule has 0 bridgehead atoms. The van der Waals surface area contributed by atoms with Crippen molar-refractivity contribution in [3.63, 3.8) is 0 Å². The normalized spacial score (nSPS) is 13.4. The van der Waals surface area contributed by atoms with Crippen molar-refractivity contribution >= 4 is 21.6 Å². The van der Waals surface area contributed by atoms with E-state index in [2.05, 4.69) is 5.32 Å². The molecule has 0 heterocycles. The second kappa shape index (κ2) is 9.98. The van der Waals surface area contributed by atoms with Gasteiger partial charge in [0, 0.05) is 0 Å². The number of carbonyl (C=O) groups is 1. The summed E-state index contributed by atoms with van der Waals surface area (Å²) in [5.41, 5.74) is 3.40. The van der Waals surface area contributed by atoms with Gasteiger partial charge in [0.1, 0.15) is 18.4 Å². The third kappa shape index (κ3) is 6.23. The van der Waals surface area contributed by atoms with Gasteiger partial charge in [-0.2, -0.15) is 0 Å². The number of benzene rings is 2. The Labute approximate surface area is 180 Å². The minimum atomic E-state index is -3.67. The summed E-state index contributed by atoms with van der Waals surface area (Å²) in [7, 11) is -3.67. The van der Waals surface area contributed by atoms with Crippen LogP contribution in [0.25, 0.3) is 0 Å². The standard InChI is InChI=1S/C23H32N2O4S/c1-7-21(25(30(6,27)28)22-14-17(3)8-11-18(22)4)23(26)24-19(5)15-29-20-12-9-16(2)10-13-20/h8-14,19,21H,7,15H2,1-6H3,(H,24,26)/t19-,21+/m0/s1. The molecule has 0 radical (unpaired) electrons. The fourth-order valence-corrected chi connectivity index (χ4v) is 4.49. The van der Waals surface area contributed by atoms with Crippen LogP contribution in [-0.2, 0) is 14.8 Å². The van der Waals surface area contributed by atoms with E-state index in [1.165, 1.54) is 4.31 Å². The zero-order valence-corrected chi connectivity index (χ0v) is 19.4. The third-order valence-electron chi connectivity index (χ3n) is 4.84. The average Bonchev–Trinajstić information content (AvgIpc) is 2.66. The molecular formula is C23H32N2O4S. The molecule has 0 spiro atoms. The quantitative estimate of drug-likeness (QED) is 0.655. The van der Waals surface area contributed by atoms with Crippen molar-refractivity contribution < 1.29 is 17.9 Å². The fraction of sp³-hybridized carbons (Fsp3) is 0.435. The average molecular weight is 433 g/mol. The number of anilines is 1. The minimum absolute atomic E-state index is 0.284. The van der Waals surface area contributed by atoms with Gasteiger partial charge >= 0.3 is 0 Å². The highest BCUT2D eigenvalue weighted by Gasteiger charge is 2.33. The molecule has 0 unspecified atom stereocenters. The van der Waals surface area contributed by atoms with Gasteiger partial charge in [-0.15, -0.1) is 0 Å². The molecule has 0 aliphatic rings. The van der Waals surface area contributed by atoms with Crippen LogP contribution in [-0.4, -0.2) is 39.3 Å². The molecule has 1 amide bonds. The topological polar surface area (TPSA) is 75.7 Å². The Hall–Kier alpha value is -2.54. The van der Waals surface area contributed by atoms with Crippen LogP contribution in [0.15, 0.2) is 42.5 Å². The van der Waals surface area contributed by atoms with Crippen molar-refractivity contribution in [3.8, 4) is 5.75 Å². The first-order chi connectivity index (χ1) is 14.0. The summed E-state index contributed by atoms with van der Waals surface area (Å²) >= 11 is 0. The highest BCUT2D eigenvalue weighted by molar-refractivity contribution is 7.92. The Kier molecular flexibility index (Phi) is 7.89. The molecule has 7 heteroatoms. The number of carbonyl (C=O) groups excluding carboxylic acids is 1. The fourth-order valence-electron chi connectivity index (χ4n) is 3.23. The molecule has 2 aromatic rings. The monoisotopic (exact) mass is 432 g/mol. The van der Waals surface area contributed by atoms with Crippen LogP contribution in [0.5, 0.6) is 5.75 Å². The number of amides is 1. The first-order valence-corrected chi connectivity index (χ1v) is 11.9. The summed E-state index contributed by atoms with van der Waals surface area (Å²) < 4.78 is 32.3. The predicted molar refractivity (Wildman–Crippen MR) is 122 cm³/mol. The van der Waals surface area contributed by atoms with Crippen LogP contribution in [0, 0.1) is 20.8 Å². The number of nitrogens with one attached hydrogen (secondary N) is 1. The van der Waals surface area contributed by atoms with Gasteiger partial charge in [-0.3, -0.25) is 9.10 Å². The van der Waals surface area contributed by atoms with Crippen LogP contribution in [0.2, 0.25) is 0 Å². The van der Waals surface area contributed by atoms with E-state index < -0.39 is 16.1 Å². The van der Waals surface area contributed by atoms with E-state index in [1.807, 2.05) is 64.1 Å². The molecule has 0 aliphatic heterocycles. The smallest absolute Gasteiger partial charge is 0.244 e. The number of aryl methyl sites for hydroxylation is 3. The number of hydrogen-bond donors (Lipinski definition) is 1. The Morgan fingerprint density at radius 2 is 1.67 bits per heavy atom. The largest absolute Gasteiger partial charge is 0.491 e. The summed E-state index contributed by atoms with van der Waals surface area (Å²) in [6, 6.07) is 12.1. The van der Waals surface area contributed by atoms with Gasteiger partial charge in [0.25, 0.3) is 0 Å². The molecular weight excluding hydrogens is 400 g/mol. The van der Waals surface area contributed by atoms with Crippen molar-refractivity contribution in [1.82, 2.24) is 5.32 Å². The number of nitrogens with zero attached hydrogens (tertiary/aromatic N) is 1. The van der Waals surface area contributed by atoms with Crippen LogP contribution < -0.4 is 14.4 Å². The lowest BCUT2D eigenvalue weighted by Crippen LogP contribution is -2.52. The first kappa shape index (κ1) is 23.7. The van der Waals surface area contributed by atoms with Gasteiger partial charge in [0.15, 0.2) is 0 Å². The zero-order chi connectivity index (χ0) is 22.5. The lowest BCUT2D eigenvalue weighted by atomic mass is 10.1. The van der Waals surface area contributed by atoms with E-state index >= 15 is 0 Å². The highest BCUT2D eigenvalue weighted by Crippen LogP contribution is 2.27. The Bertz CT molecular complexity index is 971. The van der Waals surface area contributed by atoms with Gasteiger partial charge in [-0.1, -0.05) is 36.8 Å². The summed E-state index contributed by atoms with van der Waals surface area (Å²) in [4.78, 5) is 13.0. The number of hydrogen-bond acceptors (Lipinski definition) is 4. The lowest BCUT2D eigenvalue weighted by molar-refractivity contribution is -0.123. The molecule has 30 heavy (non-hydrogen) atoms. The summed E-state index contributed by atoms with van der Waals surface area (Å²) in [5.74, 6) is 0.380. The Morgan fingerprint density at radius 1 is 1.07 bits per heavy atom. The summed E-state index contributed by atoms with van der Waals surface area (Å²) in [6.07, 6.45) is 1.48. The SMILES string of the molecule is CC[C@H](C(=O)N[C@@H](C)COc1ccc(C)cc1)N(c1cc(C)ccc1C)S(C)(=O)=O. The van der Waals surface area contributed by atoms with E-state index in [4.69, 9.17) is 4.74 Å². The van der Waals surface area contributed by atoms with Crippen LogP contribution in [0.3, 0.4) is 0 Å². The first-order valence-electron chi connectivity index (χ1n) is 10.1. The van der Waals surface area contributed by atoms with Crippen molar-refractivity contribution in [3.05, 3.63) is 59.2 Å². The van der Waals surface area contributed by atoms with Gasteiger partial charge < -0.3 is 10.1 Å². The van der Waals surface area contributed by atoms with E-state index in [-0.39, 0.29) is 18.6 Å². The van der Waals surface area contributed by atoms with E-state index in [0.29, 0.717) is 12.1 Å². The lowest BCUT2D eigenvalue weighted by Gasteiger charge is -2.32. The molecule has 0 aromatic heterocycles. The minimum Gasteiger partial charge on any atom is -0.491 e. The van der Waals surface area contributed by atoms with Gasteiger partial charge in [0.05, 0.1) is 18.0 Å². The molecule has 0 aliphatic carbocycles. The van der Waals surface area contributed by atoms with Crippen molar-refractivity contribution in [2.24, 2.45) is 0 Å². The summed E-state index contributed by atoms with van der Waals surface area (Å²) in [6.45, 7) is 9.67.